The van der Waals surface area contributed by atoms with Gasteiger partial charge in [0.25, 0.3) is 23.6 Å². The first-order chi connectivity index (χ1) is 22.8. The largest absolute Gasteiger partial charge is 0.350 e. The molecule has 0 radical (unpaired) electrons. The number of nitrogens with zero attached hydrogens (tertiary/aromatic N) is 2. The van der Waals surface area contributed by atoms with Crippen LogP contribution in [-0.4, -0.2) is 46.7 Å². The van der Waals surface area contributed by atoms with Gasteiger partial charge >= 0.3 is 0 Å². The zero-order valence-corrected chi connectivity index (χ0v) is 29.3. The lowest BCUT2D eigenvalue weighted by atomic mass is 9.58. The van der Waals surface area contributed by atoms with E-state index < -0.39 is 0 Å². The average Bonchev–Trinajstić information content (AvgIpc) is 3.09. The summed E-state index contributed by atoms with van der Waals surface area (Å²) in [6.45, 7) is 18.4. The minimum absolute atomic E-state index is 0.177. The Morgan fingerprint density at radius 3 is 1.04 bits per heavy atom. The van der Waals surface area contributed by atoms with Gasteiger partial charge in [-0.15, -0.1) is 0 Å². The molecular formula is C38H48N6O4. The standard InChI is InChI=1S/C38H48N6O4/c1-19-20(2)28-16-40-36(46)32-12-10-14-34(44-32)38(48)42-18-30-25(7)23(5)29(24(6)26(30)8)17-41-37(47)33-13-9-11-31(43-33)35(45)39-15-27(19)21(3)22(28)4/h9-14,19-22,27-28H,15-18H2,1-8H3,(H,39,45)(H,40,46)(H,41,47)(H,42,48)/t19-,20?,21+,22?,27?,28?. The van der Waals surface area contributed by atoms with Crippen LogP contribution < -0.4 is 21.3 Å². The molecule has 4 N–H and O–H groups in total. The van der Waals surface area contributed by atoms with Crippen molar-refractivity contribution >= 4 is 23.6 Å². The van der Waals surface area contributed by atoms with Gasteiger partial charge in [0.2, 0.25) is 0 Å². The maximum Gasteiger partial charge on any atom is 0.270 e. The molecule has 1 saturated carbocycles. The van der Waals surface area contributed by atoms with Gasteiger partial charge in [-0.05, 0) is 121 Å². The number of pyridine rings is 2. The fraction of sp³-hybridized carbons (Fsp3) is 0.474. The third kappa shape index (κ3) is 6.84. The first kappa shape index (κ1) is 34.7. The SMILES string of the molecule is Cc1c(C)c2c(C)c(C)c1CNC(=O)c1cccc(n1)C(=O)NCC1C(C)[C@@H](C)C(CNC(=O)c3cccc(n3)C(=O)NC2)[C@@H](C)C1C. The summed E-state index contributed by atoms with van der Waals surface area (Å²) in [5.41, 5.74) is 6.80. The van der Waals surface area contributed by atoms with Crippen LogP contribution in [0.5, 0.6) is 0 Å². The van der Waals surface area contributed by atoms with Crippen molar-refractivity contribution in [3.63, 3.8) is 0 Å². The van der Waals surface area contributed by atoms with Gasteiger partial charge in [0.15, 0.2) is 0 Å². The highest BCUT2D eigenvalue weighted by molar-refractivity contribution is 5.97. The summed E-state index contributed by atoms with van der Waals surface area (Å²) in [7, 11) is 0. The summed E-state index contributed by atoms with van der Waals surface area (Å²) in [5.74, 6) is 0.213. The highest BCUT2D eigenvalue weighted by Crippen LogP contribution is 2.45. The summed E-state index contributed by atoms with van der Waals surface area (Å²) in [6.07, 6.45) is 0. The molecule has 8 rings (SSSR count). The van der Waals surface area contributed by atoms with E-state index in [0.29, 0.717) is 13.1 Å². The molecule has 48 heavy (non-hydrogen) atoms. The van der Waals surface area contributed by atoms with Crippen LogP contribution in [0.1, 0.15) is 103 Å². The van der Waals surface area contributed by atoms with E-state index in [1.54, 1.807) is 36.4 Å². The Bertz CT molecular complexity index is 1580. The van der Waals surface area contributed by atoms with E-state index in [1.807, 2.05) is 27.7 Å². The predicted octanol–water partition coefficient (Wildman–Crippen LogP) is 4.83. The molecule has 6 atom stereocenters. The van der Waals surface area contributed by atoms with Gasteiger partial charge in [-0.2, -0.15) is 0 Å². The van der Waals surface area contributed by atoms with E-state index in [9.17, 15) is 19.2 Å². The molecule has 5 aliphatic rings. The molecule has 10 nitrogen and oxygen atoms in total. The Balaban J connectivity index is 1.47. The van der Waals surface area contributed by atoms with Crippen LogP contribution in [0.4, 0.5) is 0 Å². The van der Waals surface area contributed by atoms with Crippen LogP contribution in [0.3, 0.4) is 0 Å². The number of carbonyl (C=O) groups is 4. The van der Waals surface area contributed by atoms with Gasteiger partial charge in [0, 0.05) is 26.2 Å². The second-order valence-corrected chi connectivity index (χ2v) is 13.8. The fourth-order valence-corrected chi connectivity index (χ4v) is 7.75. The van der Waals surface area contributed by atoms with Gasteiger partial charge in [0.05, 0.1) is 0 Å². The Hall–Kier alpha value is -4.60. The molecule has 6 heterocycles. The second-order valence-electron chi connectivity index (χ2n) is 13.8. The summed E-state index contributed by atoms with van der Waals surface area (Å²) in [6, 6.07) is 9.84. The van der Waals surface area contributed by atoms with Crippen LogP contribution in [0.25, 0.3) is 0 Å². The van der Waals surface area contributed by atoms with Crippen LogP contribution in [-0.2, 0) is 13.1 Å². The van der Waals surface area contributed by atoms with Crippen molar-refractivity contribution in [1.82, 2.24) is 31.2 Å². The number of carbonyl (C=O) groups excluding carboxylic acids is 4. The number of hydrogen-bond acceptors (Lipinski definition) is 6. The number of rotatable bonds is 0. The summed E-state index contributed by atoms with van der Waals surface area (Å²) < 4.78 is 0. The van der Waals surface area contributed by atoms with E-state index in [-0.39, 0.29) is 95.0 Å². The van der Waals surface area contributed by atoms with Gasteiger partial charge < -0.3 is 21.3 Å². The zero-order valence-electron chi connectivity index (χ0n) is 29.3. The monoisotopic (exact) mass is 652 g/mol. The van der Waals surface area contributed by atoms with Gasteiger partial charge in [0.1, 0.15) is 22.8 Å². The predicted molar refractivity (Wildman–Crippen MR) is 185 cm³/mol. The first-order valence-corrected chi connectivity index (χ1v) is 16.9. The minimum atomic E-state index is -0.360. The highest BCUT2D eigenvalue weighted by Gasteiger charge is 2.43. The maximum atomic E-state index is 13.3. The highest BCUT2D eigenvalue weighted by atomic mass is 16.2. The molecule has 3 aromatic rings. The Labute approximate surface area is 283 Å². The van der Waals surface area contributed by atoms with Crippen molar-refractivity contribution in [3.05, 3.63) is 92.6 Å². The van der Waals surface area contributed by atoms with E-state index in [2.05, 4.69) is 58.9 Å². The van der Waals surface area contributed by atoms with Crippen LogP contribution in [0.2, 0.25) is 0 Å². The molecule has 10 heteroatoms. The quantitative estimate of drug-likeness (QED) is 0.274. The van der Waals surface area contributed by atoms with E-state index in [0.717, 1.165) is 33.4 Å². The van der Waals surface area contributed by atoms with Crippen LogP contribution in [0.15, 0.2) is 36.4 Å². The van der Waals surface area contributed by atoms with Crippen molar-refractivity contribution in [1.29, 1.82) is 0 Å². The van der Waals surface area contributed by atoms with E-state index >= 15 is 0 Å². The molecule has 1 fully saturated rings. The Morgan fingerprint density at radius 1 is 0.479 bits per heavy atom. The van der Waals surface area contributed by atoms with Crippen molar-refractivity contribution in [2.75, 3.05) is 13.1 Å². The topological polar surface area (TPSA) is 142 Å². The average molecular weight is 653 g/mol. The van der Waals surface area contributed by atoms with Gasteiger partial charge in [-0.1, -0.05) is 39.8 Å². The zero-order chi connectivity index (χ0) is 34.9. The van der Waals surface area contributed by atoms with Crippen LogP contribution in [0, 0.1) is 63.2 Å². The van der Waals surface area contributed by atoms with Crippen molar-refractivity contribution in [2.45, 2.75) is 68.5 Å². The van der Waals surface area contributed by atoms with Crippen molar-refractivity contribution < 1.29 is 19.2 Å². The maximum absolute atomic E-state index is 13.3. The minimum Gasteiger partial charge on any atom is -0.350 e. The molecular weight excluding hydrogens is 604 g/mol. The Kier molecular flexibility index (Phi) is 10.3. The second kappa shape index (κ2) is 14.3. The summed E-state index contributed by atoms with van der Waals surface area (Å²) in [4.78, 5) is 61.9. The van der Waals surface area contributed by atoms with Gasteiger partial charge in [-0.3, -0.25) is 19.2 Å². The molecule has 1 aliphatic carbocycles. The molecule has 0 spiro atoms. The smallest absolute Gasteiger partial charge is 0.270 e. The van der Waals surface area contributed by atoms with Gasteiger partial charge in [-0.25, -0.2) is 9.97 Å². The first-order valence-electron chi connectivity index (χ1n) is 16.9. The third-order valence-electron chi connectivity index (χ3n) is 11.6. The molecule has 254 valence electrons. The molecule has 4 aliphatic heterocycles. The lowest BCUT2D eigenvalue weighted by molar-refractivity contribution is 0.0124. The van der Waals surface area contributed by atoms with Crippen LogP contribution >= 0.6 is 0 Å². The van der Waals surface area contributed by atoms with E-state index in [4.69, 9.17) is 0 Å². The molecule has 4 amide bonds. The number of nitrogens with one attached hydrogen (secondary N) is 4. The fourth-order valence-electron chi connectivity index (χ4n) is 7.75. The van der Waals surface area contributed by atoms with Crippen molar-refractivity contribution in [3.8, 4) is 0 Å². The number of aromatic nitrogens is 2. The number of amides is 4. The molecule has 4 unspecified atom stereocenters. The third-order valence-corrected chi connectivity index (χ3v) is 11.6. The number of benzene rings is 1. The molecule has 8 bridgehead atoms. The lowest BCUT2D eigenvalue weighted by Crippen LogP contribution is -2.50. The Morgan fingerprint density at radius 2 is 0.750 bits per heavy atom. The summed E-state index contributed by atoms with van der Waals surface area (Å²) >= 11 is 0. The summed E-state index contributed by atoms with van der Waals surface area (Å²) in [5, 5.41) is 12.2. The lowest BCUT2D eigenvalue weighted by Gasteiger charge is -2.48. The van der Waals surface area contributed by atoms with Crippen molar-refractivity contribution in [2.24, 2.45) is 35.5 Å². The van der Waals surface area contributed by atoms with E-state index in [1.165, 1.54) is 0 Å². The normalized spacial score (nSPS) is 25.6. The number of hydrogen-bond donors (Lipinski definition) is 4. The molecule has 1 aromatic carbocycles. The molecule has 2 aromatic heterocycles. The molecule has 0 saturated heterocycles.